The van der Waals surface area contributed by atoms with Crippen LogP contribution in [0.2, 0.25) is 0 Å². The Kier molecular flexibility index (Phi) is 8.59. The first-order chi connectivity index (χ1) is 35.2. The standard InChI is InChI=1S/C66H41N5/c1-3-18-42(19-4-1)47-39-48(43-20-5-2-6-21-43)41-49(40-47)69-55-29-14-10-25-51(55)63-60(69)36-37-61-64(63)52-26-11-15-30-56(52)70(61)58-32-17-33-59-62(58)50-24-9-16-31-57(50)71(59)66-65(67-53-27-12-13-28-54(53)68-66)46-35-34-44-22-7-8-23-45(44)38-46/h1-41H. The monoisotopic (exact) mass is 903 g/mol. The molecule has 0 N–H and O–H groups in total. The summed E-state index contributed by atoms with van der Waals surface area (Å²) in [5.41, 5.74) is 17.3. The van der Waals surface area contributed by atoms with Crippen LogP contribution in [0.15, 0.2) is 249 Å². The number of aromatic nitrogens is 5. The molecule has 0 unspecified atom stereocenters. The van der Waals surface area contributed by atoms with E-state index in [0.29, 0.717) is 0 Å². The van der Waals surface area contributed by atoms with Gasteiger partial charge in [0, 0.05) is 43.6 Å². The Labute approximate surface area is 408 Å². The predicted octanol–water partition coefficient (Wildman–Crippen LogP) is 17.1. The Bertz CT molecular complexity index is 4580. The molecule has 0 aliphatic rings. The summed E-state index contributed by atoms with van der Waals surface area (Å²) in [5.74, 6) is 0.797. The maximum Gasteiger partial charge on any atom is 0.165 e. The largest absolute Gasteiger partial charge is 0.309 e. The number of rotatable bonds is 6. The third-order valence-corrected chi connectivity index (χ3v) is 14.6. The molecule has 11 aromatic carbocycles. The van der Waals surface area contributed by atoms with Gasteiger partial charge in [0.2, 0.25) is 0 Å². The van der Waals surface area contributed by atoms with Gasteiger partial charge in [0.25, 0.3) is 0 Å². The third kappa shape index (κ3) is 6.00. The lowest BCUT2D eigenvalue weighted by Gasteiger charge is -2.15. The molecular formula is C66H41N5. The van der Waals surface area contributed by atoms with E-state index in [4.69, 9.17) is 9.97 Å². The van der Waals surface area contributed by atoms with Crippen molar-refractivity contribution in [1.29, 1.82) is 0 Å². The maximum absolute atomic E-state index is 5.49. The van der Waals surface area contributed by atoms with Crippen LogP contribution >= 0.6 is 0 Å². The molecule has 4 aromatic heterocycles. The Morgan fingerprint density at radius 2 is 0.761 bits per heavy atom. The molecule has 0 radical (unpaired) electrons. The molecule has 15 aromatic rings. The van der Waals surface area contributed by atoms with E-state index < -0.39 is 0 Å². The van der Waals surface area contributed by atoms with Crippen LogP contribution in [0.25, 0.3) is 138 Å². The summed E-state index contributed by atoms with van der Waals surface area (Å²) >= 11 is 0. The van der Waals surface area contributed by atoms with Crippen LogP contribution in [0.3, 0.4) is 0 Å². The third-order valence-electron chi connectivity index (χ3n) is 14.6. The lowest BCUT2D eigenvalue weighted by molar-refractivity contribution is 1.08. The van der Waals surface area contributed by atoms with Crippen LogP contribution in [0.5, 0.6) is 0 Å². The van der Waals surface area contributed by atoms with E-state index >= 15 is 0 Å². The van der Waals surface area contributed by atoms with Gasteiger partial charge in [-0.05, 0) is 112 Å². The highest BCUT2D eigenvalue weighted by molar-refractivity contribution is 6.29. The number of hydrogen-bond donors (Lipinski definition) is 0. The van der Waals surface area contributed by atoms with E-state index in [9.17, 15) is 0 Å². The van der Waals surface area contributed by atoms with E-state index in [-0.39, 0.29) is 0 Å². The van der Waals surface area contributed by atoms with Crippen molar-refractivity contribution in [2.45, 2.75) is 0 Å². The number of para-hydroxylation sites is 5. The van der Waals surface area contributed by atoms with Gasteiger partial charge in [0.15, 0.2) is 5.82 Å². The van der Waals surface area contributed by atoms with Gasteiger partial charge in [-0.3, -0.25) is 4.57 Å². The summed E-state index contributed by atoms with van der Waals surface area (Å²) in [6.45, 7) is 0. The minimum absolute atomic E-state index is 0.797. The molecule has 330 valence electrons. The van der Waals surface area contributed by atoms with Crippen LogP contribution in [0, 0.1) is 0 Å². The molecule has 0 saturated heterocycles. The smallest absolute Gasteiger partial charge is 0.165 e. The molecule has 5 nitrogen and oxygen atoms in total. The molecule has 0 amide bonds. The molecule has 15 rings (SSSR count). The zero-order valence-electron chi connectivity index (χ0n) is 38.4. The van der Waals surface area contributed by atoms with Gasteiger partial charge in [-0.25, -0.2) is 9.97 Å². The Hall–Kier alpha value is -9.58. The van der Waals surface area contributed by atoms with E-state index in [1.165, 1.54) is 54.7 Å². The molecule has 5 heteroatoms. The van der Waals surface area contributed by atoms with Crippen molar-refractivity contribution >= 4 is 87.2 Å². The second kappa shape index (κ2) is 15.5. The molecule has 0 bridgehead atoms. The van der Waals surface area contributed by atoms with Gasteiger partial charge in [-0.15, -0.1) is 0 Å². The highest BCUT2D eigenvalue weighted by Gasteiger charge is 2.25. The molecule has 0 fully saturated rings. The minimum atomic E-state index is 0.797. The van der Waals surface area contributed by atoms with Gasteiger partial charge >= 0.3 is 0 Å². The number of benzene rings is 11. The zero-order valence-corrected chi connectivity index (χ0v) is 38.4. The average Bonchev–Trinajstić information content (AvgIpc) is 4.09. The SMILES string of the molecule is c1ccc(-c2cc(-c3ccccc3)cc(-n3c4ccccc4c4c5c6ccccc6n(-c6cccc7c6c6ccccc6n7-c6nc7ccccc7nc6-c6ccc7ccccc7c6)c5ccc43)c2)cc1. The van der Waals surface area contributed by atoms with Crippen molar-refractivity contribution in [2.75, 3.05) is 0 Å². The molecule has 71 heavy (non-hydrogen) atoms. The summed E-state index contributed by atoms with van der Waals surface area (Å²) in [7, 11) is 0. The van der Waals surface area contributed by atoms with Crippen molar-refractivity contribution in [3.05, 3.63) is 249 Å². The van der Waals surface area contributed by atoms with Crippen LogP contribution in [0.1, 0.15) is 0 Å². The Morgan fingerprint density at radius 3 is 1.42 bits per heavy atom. The van der Waals surface area contributed by atoms with Crippen LogP contribution < -0.4 is 0 Å². The van der Waals surface area contributed by atoms with Gasteiger partial charge in [-0.2, -0.15) is 0 Å². The second-order valence-electron chi connectivity index (χ2n) is 18.5. The van der Waals surface area contributed by atoms with Crippen molar-refractivity contribution in [3.63, 3.8) is 0 Å². The van der Waals surface area contributed by atoms with Crippen molar-refractivity contribution < 1.29 is 0 Å². The van der Waals surface area contributed by atoms with E-state index in [1.54, 1.807) is 0 Å². The number of hydrogen-bond acceptors (Lipinski definition) is 2. The van der Waals surface area contributed by atoms with Crippen molar-refractivity contribution in [3.8, 4) is 50.7 Å². The van der Waals surface area contributed by atoms with Crippen LogP contribution in [-0.4, -0.2) is 23.7 Å². The van der Waals surface area contributed by atoms with Crippen LogP contribution in [-0.2, 0) is 0 Å². The molecule has 0 spiro atoms. The quantitative estimate of drug-likeness (QED) is 0.167. The molecule has 0 saturated carbocycles. The van der Waals surface area contributed by atoms with Gasteiger partial charge in [-0.1, -0.05) is 170 Å². The summed E-state index contributed by atoms with van der Waals surface area (Å²) in [6.07, 6.45) is 0. The van der Waals surface area contributed by atoms with Gasteiger partial charge < -0.3 is 9.13 Å². The number of nitrogens with zero attached hydrogens (tertiary/aromatic N) is 5. The fraction of sp³-hybridized carbons (Fsp3) is 0. The number of fused-ring (bicyclic) bond motifs is 12. The second-order valence-corrected chi connectivity index (χ2v) is 18.5. The summed E-state index contributed by atoms with van der Waals surface area (Å²) in [6, 6.07) is 89.8. The molecular weight excluding hydrogens is 863 g/mol. The molecule has 0 aliphatic heterocycles. The maximum atomic E-state index is 5.49. The van der Waals surface area contributed by atoms with E-state index in [0.717, 1.165) is 83.2 Å². The highest BCUT2D eigenvalue weighted by atomic mass is 15.1. The minimum Gasteiger partial charge on any atom is -0.309 e. The molecule has 0 atom stereocenters. The lowest BCUT2D eigenvalue weighted by atomic mass is 9.98. The average molecular weight is 904 g/mol. The van der Waals surface area contributed by atoms with Crippen LogP contribution in [0.4, 0.5) is 0 Å². The van der Waals surface area contributed by atoms with Crippen molar-refractivity contribution in [1.82, 2.24) is 23.7 Å². The molecule has 4 heterocycles. The van der Waals surface area contributed by atoms with Crippen molar-refractivity contribution in [2.24, 2.45) is 0 Å². The lowest BCUT2D eigenvalue weighted by Crippen LogP contribution is -2.04. The van der Waals surface area contributed by atoms with Gasteiger partial charge in [0.1, 0.15) is 5.69 Å². The fourth-order valence-electron chi connectivity index (χ4n) is 11.5. The van der Waals surface area contributed by atoms with E-state index in [2.05, 4.69) is 250 Å². The first-order valence-electron chi connectivity index (χ1n) is 24.2. The first-order valence-corrected chi connectivity index (χ1v) is 24.2. The Balaban J connectivity index is 1.01. The fourth-order valence-corrected chi connectivity index (χ4v) is 11.5. The topological polar surface area (TPSA) is 40.6 Å². The summed E-state index contributed by atoms with van der Waals surface area (Å²) < 4.78 is 7.31. The zero-order chi connectivity index (χ0) is 46.6. The molecule has 0 aliphatic carbocycles. The predicted molar refractivity (Wildman–Crippen MR) is 296 cm³/mol. The Morgan fingerprint density at radius 1 is 0.268 bits per heavy atom. The van der Waals surface area contributed by atoms with E-state index in [1.807, 2.05) is 12.1 Å². The summed E-state index contributed by atoms with van der Waals surface area (Å²) in [4.78, 5) is 10.9. The summed E-state index contributed by atoms with van der Waals surface area (Å²) in [5, 5.41) is 9.54. The normalized spacial score (nSPS) is 11.9. The van der Waals surface area contributed by atoms with Gasteiger partial charge in [0.05, 0.1) is 49.8 Å². The highest BCUT2D eigenvalue weighted by Crippen LogP contribution is 2.46. The first kappa shape index (κ1) is 39.4.